The first-order chi connectivity index (χ1) is 8.49. The minimum atomic E-state index is -1.67. The monoisotopic (exact) mass is 264 g/mol. The minimum absolute atomic E-state index is 0.296. The second kappa shape index (κ2) is 7.01. The van der Waals surface area contributed by atoms with Crippen molar-refractivity contribution in [3.63, 3.8) is 0 Å². The second-order valence-corrected chi connectivity index (χ2v) is 4.31. The lowest BCUT2D eigenvalue weighted by Crippen LogP contribution is -2.60. The van der Waals surface area contributed by atoms with Gasteiger partial charge in [-0.1, -0.05) is 19.8 Å². The Morgan fingerprint density at radius 2 is 1.83 bits per heavy atom. The van der Waals surface area contributed by atoms with E-state index in [9.17, 15) is 20.1 Å². The van der Waals surface area contributed by atoms with Crippen LogP contribution >= 0.6 is 0 Å². The third-order valence-electron chi connectivity index (χ3n) is 2.84. The Labute approximate surface area is 105 Å². The molecule has 1 unspecified atom stereocenters. The molecule has 0 aromatic carbocycles. The highest BCUT2D eigenvalue weighted by Crippen LogP contribution is 2.22. The molecule has 0 aliphatic carbocycles. The molecule has 1 rings (SSSR count). The van der Waals surface area contributed by atoms with Gasteiger partial charge in [-0.25, -0.2) is 4.79 Å². The van der Waals surface area contributed by atoms with Crippen LogP contribution in [0.5, 0.6) is 0 Å². The maximum Gasteiger partial charge on any atom is 0.335 e. The number of unbranched alkanes of at least 4 members (excludes halogenated alkanes) is 2. The van der Waals surface area contributed by atoms with Gasteiger partial charge < -0.3 is 29.9 Å². The van der Waals surface area contributed by atoms with Gasteiger partial charge in [0.1, 0.15) is 18.3 Å². The third-order valence-corrected chi connectivity index (χ3v) is 2.84. The van der Waals surface area contributed by atoms with Gasteiger partial charge >= 0.3 is 5.97 Å². The van der Waals surface area contributed by atoms with Crippen LogP contribution in [0.3, 0.4) is 0 Å². The van der Waals surface area contributed by atoms with Gasteiger partial charge in [-0.3, -0.25) is 0 Å². The van der Waals surface area contributed by atoms with Crippen LogP contribution in [0, 0.1) is 0 Å². The molecule has 0 aromatic heterocycles. The standard InChI is InChI=1S/C11H20O7/c1-2-3-4-5-17-11-8(14)6(12)7(13)9(18-11)10(15)16/h6-9,11-14H,2-5H2,1H3,(H,15,16)/t6-,7-,8+,9-,11?/m0/s1. The number of carboxylic acids is 1. The van der Waals surface area contributed by atoms with E-state index in [0.29, 0.717) is 6.61 Å². The average Bonchev–Trinajstić information content (AvgIpc) is 2.33. The number of rotatable bonds is 6. The van der Waals surface area contributed by atoms with Crippen molar-refractivity contribution >= 4 is 5.97 Å². The van der Waals surface area contributed by atoms with E-state index >= 15 is 0 Å². The van der Waals surface area contributed by atoms with Crippen molar-refractivity contribution in [1.29, 1.82) is 0 Å². The molecule has 1 fully saturated rings. The van der Waals surface area contributed by atoms with Crippen LogP contribution in [0.4, 0.5) is 0 Å². The van der Waals surface area contributed by atoms with E-state index < -0.39 is 36.7 Å². The van der Waals surface area contributed by atoms with E-state index in [1.54, 1.807) is 0 Å². The number of ether oxygens (including phenoxy) is 2. The Morgan fingerprint density at radius 1 is 1.17 bits per heavy atom. The lowest BCUT2D eigenvalue weighted by atomic mass is 9.99. The fourth-order valence-corrected chi connectivity index (χ4v) is 1.74. The van der Waals surface area contributed by atoms with Gasteiger partial charge in [-0.15, -0.1) is 0 Å². The smallest absolute Gasteiger partial charge is 0.335 e. The van der Waals surface area contributed by atoms with Gasteiger partial charge in [0.2, 0.25) is 0 Å². The largest absolute Gasteiger partial charge is 0.479 e. The molecule has 0 radical (unpaired) electrons. The van der Waals surface area contributed by atoms with E-state index in [1.165, 1.54) is 0 Å². The van der Waals surface area contributed by atoms with Crippen molar-refractivity contribution in [2.24, 2.45) is 0 Å². The van der Waals surface area contributed by atoms with Crippen molar-refractivity contribution in [3.05, 3.63) is 0 Å². The predicted octanol–water partition coefficient (Wildman–Crippen LogP) is -0.915. The number of carbonyl (C=O) groups is 1. The SMILES string of the molecule is CCCCCOC1O[C@H](C(=O)O)[C@@H](O)[C@H](O)[C@H]1O. The second-order valence-electron chi connectivity index (χ2n) is 4.31. The Kier molecular flexibility index (Phi) is 5.97. The highest BCUT2D eigenvalue weighted by molar-refractivity contribution is 5.73. The van der Waals surface area contributed by atoms with E-state index in [2.05, 4.69) is 0 Å². The summed E-state index contributed by atoms with van der Waals surface area (Å²) in [6.45, 7) is 2.32. The summed E-state index contributed by atoms with van der Waals surface area (Å²) in [6, 6.07) is 0. The maximum atomic E-state index is 10.8. The number of carboxylic acid groups (broad SMARTS) is 1. The summed E-state index contributed by atoms with van der Waals surface area (Å²) in [5.41, 5.74) is 0. The third kappa shape index (κ3) is 3.63. The van der Waals surface area contributed by atoms with E-state index in [0.717, 1.165) is 19.3 Å². The van der Waals surface area contributed by atoms with E-state index in [4.69, 9.17) is 14.6 Å². The highest BCUT2D eigenvalue weighted by atomic mass is 16.7. The molecular formula is C11H20O7. The van der Waals surface area contributed by atoms with Crippen molar-refractivity contribution in [1.82, 2.24) is 0 Å². The fourth-order valence-electron chi connectivity index (χ4n) is 1.74. The first-order valence-corrected chi connectivity index (χ1v) is 6.03. The fraction of sp³-hybridized carbons (Fsp3) is 0.909. The molecule has 1 aliphatic heterocycles. The molecule has 5 atom stereocenters. The predicted molar refractivity (Wildman–Crippen MR) is 59.8 cm³/mol. The summed E-state index contributed by atoms with van der Waals surface area (Å²) in [5, 5.41) is 37.4. The van der Waals surface area contributed by atoms with E-state index in [1.807, 2.05) is 6.92 Å². The van der Waals surface area contributed by atoms with Crippen LogP contribution in [0.15, 0.2) is 0 Å². The van der Waals surface area contributed by atoms with Crippen molar-refractivity contribution in [2.45, 2.75) is 56.9 Å². The molecule has 0 spiro atoms. The van der Waals surface area contributed by atoms with Crippen molar-refractivity contribution in [3.8, 4) is 0 Å². The normalized spacial score (nSPS) is 36.6. The van der Waals surface area contributed by atoms with Gasteiger partial charge in [0.05, 0.1) is 0 Å². The highest BCUT2D eigenvalue weighted by Gasteiger charge is 2.47. The molecular weight excluding hydrogens is 244 g/mol. The van der Waals surface area contributed by atoms with Crippen LogP contribution in [-0.2, 0) is 14.3 Å². The van der Waals surface area contributed by atoms with Crippen molar-refractivity contribution in [2.75, 3.05) is 6.61 Å². The van der Waals surface area contributed by atoms with Crippen LogP contribution in [-0.4, -0.2) is 63.7 Å². The first-order valence-electron chi connectivity index (χ1n) is 6.03. The number of aliphatic carboxylic acids is 1. The number of aliphatic hydroxyl groups is 3. The first kappa shape index (κ1) is 15.3. The molecule has 4 N–H and O–H groups in total. The molecule has 106 valence electrons. The summed E-state index contributed by atoms with van der Waals surface area (Å²) in [7, 11) is 0. The van der Waals surface area contributed by atoms with Crippen LogP contribution < -0.4 is 0 Å². The Balaban J connectivity index is 2.53. The summed E-state index contributed by atoms with van der Waals surface area (Å²) < 4.78 is 10.1. The van der Waals surface area contributed by atoms with Gasteiger partial charge in [-0.2, -0.15) is 0 Å². The molecule has 0 aromatic rings. The average molecular weight is 264 g/mol. The molecule has 1 heterocycles. The summed E-state index contributed by atoms with van der Waals surface area (Å²) in [4.78, 5) is 10.8. The number of aliphatic hydroxyl groups excluding tert-OH is 3. The quantitative estimate of drug-likeness (QED) is 0.459. The Morgan fingerprint density at radius 3 is 2.39 bits per heavy atom. The molecule has 1 saturated heterocycles. The Hall–Kier alpha value is -0.730. The number of hydrogen-bond acceptors (Lipinski definition) is 6. The molecule has 7 heteroatoms. The molecule has 0 amide bonds. The molecule has 7 nitrogen and oxygen atoms in total. The maximum absolute atomic E-state index is 10.8. The van der Waals surface area contributed by atoms with E-state index in [-0.39, 0.29) is 0 Å². The zero-order chi connectivity index (χ0) is 13.7. The van der Waals surface area contributed by atoms with Crippen molar-refractivity contribution < 1.29 is 34.7 Å². The summed E-state index contributed by atoms with van der Waals surface area (Å²) >= 11 is 0. The molecule has 1 aliphatic rings. The van der Waals surface area contributed by atoms with Crippen LogP contribution in [0.25, 0.3) is 0 Å². The summed E-state index contributed by atoms with van der Waals surface area (Å²) in [5.74, 6) is -1.41. The number of hydrogen-bond donors (Lipinski definition) is 4. The lowest BCUT2D eigenvalue weighted by molar-refractivity contribution is -0.294. The van der Waals surface area contributed by atoms with Gasteiger partial charge in [0.15, 0.2) is 12.4 Å². The zero-order valence-electron chi connectivity index (χ0n) is 10.2. The lowest BCUT2D eigenvalue weighted by Gasteiger charge is -2.38. The molecule has 0 bridgehead atoms. The Bertz CT molecular complexity index is 270. The van der Waals surface area contributed by atoms with Crippen LogP contribution in [0.1, 0.15) is 26.2 Å². The topological polar surface area (TPSA) is 116 Å². The van der Waals surface area contributed by atoms with Gasteiger partial charge in [0, 0.05) is 6.61 Å². The zero-order valence-corrected chi connectivity index (χ0v) is 10.2. The molecule has 0 saturated carbocycles. The van der Waals surface area contributed by atoms with Crippen LogP contribution in [0.2, 0.25) is 0 Å². The van der Waals surface area contributed by atoms with Gasteiger partial charge in [-0.05, 0) is 6.42 Å². The van der Waals surface area contributed by atoms with Gasteiger partial charge in [0.25, 0.3) is 0 Å². The summed E-state index contributed by atoms with van der Waals surface area (Å²) in [6.07, 6.45) is -4.88. The minimum Gasteiger partial charge on any atom is -0.479 e. The molecule has 18 heavy (non-hydrogen) atoms.